The van der Waals surface area contributed by atoms with Crippen LogP contribution in [-0.2, 0) is 9.84 Å². The summed E-state index contributed by atoms with van der Waals surface area (Å²) in [6.07, 6.45) is 8.23. The Morgan fingerprint density at radius 2 is 1.94 bits per heavy atom. The first-order valence-corrected chi connectivity index (χ1v) is 8.16. The van der Waals surface area contributed by atoms with Crippen LogP contribution < -0.4 is 5.32 Å². The molecule has 1 aromatic carbocycles. The van der Waals surface area contributed by atoms with Gasteiger partial charge in [0.05, 0.1) is 4.90 Å². The van der Waals surface area contributed by atoms with Crippen LogP contribution in [0.25, 0.3) is 0 Å². The lowest BCUT2D eigenvalue weighted by Gasteiger charge is -2.41. The molecular formula is C14H17NO2S. The van der Waals surface area contributed by atoms with Crippen molar-refractivity contribution in [2.75, 3.05) is 11.6 Å². The van der Waals surface area contributed by atoms with Gasteiger partial charge in [-0.1, -0.05) is 12.2 Å². The van der Waals surface area contributed by atoms with E-state index in [1.807, 2.05) is 12.1 Å². The quantitative estimate of drug-likeness (QED) is 0.852. The van der Waals surface area contributed by atoms with Gasteiger partial charge in [-0.3, -0.25) is 0 Å². The molecular weight excluding hydrogens is 246 g/mol. The van der Waals surface area contributed by atoms with Crippen molar-refractivity contribution in [2.45, 2.75) is 23.8 Å². The van der Waals surface area contributed by atoms with Gasteiger partial charge in [0.25, 0.3) is 0 Å². The highest BCUT2D eigenvalue weighted by molar-refractivity contribution is 7.90. The first kappa shape index (κ1) is 11.8. The summed E-state index contributed by atoms with van der Waals surface area (Å²) < 4.78 is 22.7. The molecule has 0 amide bonds. The standard InChI is InChI=1S/C14H17NO2S/c1-18(16,17)12-7-5-11(6-8-12)15-14-9-10-3-2-4-13(10)14/h2,4-8,10,13-15H,3,9H2,1H3. The zero-order valence-corrected chi connectivity index (χ0v) is 11.2. The van der Waals surface area contributed by atoms with Crippen LogP contribution in [0.3, 0.4) is 0 Å². The van der Waals surface area contributed by atoms with E-state index in [2.05, 4.69) is 17.5 Å². The number of nitrogens with one attached hydrogen (secondary N) is 1. The summed E-state index contributed by atoms with van der Waals surface area (Å²) in [7, 11) is -3.09. The topological polar surface area (TPSA) is 46.2 Å². The Balaban J connectivity index is 1.69. The van der Waals surface area contributed by atoms with Crippen LogP contribution >= 0.6 is 0 Å². The monoisotopic (exact) mass is 263 g/mol. The van der Waals surface area contributed by atoms with Gasteiger partial charge < -0.3 is 5.32 Å². The van der Waals surface area contributed by atoms with Crippen LogP contribution in [-0.4, -0.2) is 20.7 Å². The zero-order chi connectivity index (χ0) is 12.8. The summed E-state index contributed by atoms with van der Waals surface area (Å²) in [5, 5.41) is 3.48. The number of hydrogen-bond acceptors (Lipinski definition) is 3. The Bertz CT molecular complexity index is 574. The van der Waals surface area contributed by atoms with E-state index in [1.54, 1.807) is 12.1 Å². The predicted octanol–water partition coefficient (Wildman–Crippen LogP) is 2.47. The van der Waals surface area contributed by atoms with E-state index in [1.165, 1.54) is 19.1 Å². The third-order valence-corrected chi connectivity index (χ3v) is 5.13. The van der Waals surface area contributed by atoms with Gasteiger partial charge in [0.15, 0.2) is 9.84 Å². The van der Waals surface area contributed by atoms with Crippen molar-refractivity contribution >= 4 is 15.5 Å². The number of rotatable bonds is 3. The molecule has 0 bridgehead atoms. The molecule has 0 heterocycles. The van der Waals surface area contributed by atoms with Crippen molar-refractivity contribution < 1.29 is 8.42 Å². The Hall–Kier alpha value is -1.29. The molecule has 2 aliphatic rings. The molecule has 1 aromatic rings. The van der Waals surface area contributed by atoms with Gasteiger partial charge in [0.1, 0.15) is 0 Å². The van der Waals surface area contributed by atoms with Crippen LogP contribution in [0.5, 0.6) is 0 Å². The molecule has 96 valence electrons. The molecule has 1 saturated carbocycles. The van der Waals surface area contributed by atoms with Crippen LogP contribution in [0.2, 0.25) is 0 Å². The average molecular weight is 263 g/mol. The summed E-state index contributed by atoms with van der Waals surface area (Å²) in [6, 6.07) is 7.54. The van der Waals surface area contributed by atoms with E-state index < -0.39 is 9.84 Å². The van der Waals surface area contributed by atoms with Crippen LogP contribution in [0.4, 0.5) is 5.69 Å². The largest absolute Gasteiger partial charge is 0.382 e. The van der Waals surface area contributed by atoms with Gasteiger partial charge in [-0.2, -0.15) is 0 Å². The van der Waals surface area contributed by atoms with Gasteiger partial charge >= 0.3 is 0 Å². The lowest BCUT2D eigenvalue weighted by Crippen LogP contribution is -2.43. The van der Waals surface area contributed by atoms with E-state index in [0.717, 1.165) is 11.6 Å². The second kappa shape index (κ2) is 4.12. The fourth-order valence-electron chi connectivity index (χ4n) is 2.90. The minimum Gasteiger partial charge on any atom is -0.382 e. The molecule has 0 aliphatic heterocycles. The molecule has 2 aliphatic carbocycles. The molecule has 3 unspecified atom stereocenters. The fraction of sp³-hybridized carbons (Fsp3) is 0.429. The highest BCUT2D eigenvalue weighted by Crippen LogP contribution is 2.44. The minimum absolute atomic E-state index is 0.375. The summed E-state index contributed by atoms with van der Waals surface area (Å²) in [6.45, 7) is 0. The molecule has 0 spiro atoms. The summed E-state index contributed by atoms with van der Waals surface area (Å²) >= 11 is 0. The van der Waals surface area contributed by atoms with Crippen LogP contribution in [0.1, 0.15) is 12.8 Å². The Morgan fingerprint density at radius 1 is 1.22 bits per heavy atom. The number of fused-ring (bicyclic) bond motifs is 1. The normalized spacial score (nSPS) is 29.7. The lowest BCUT2D eigenvalue weighted by atomic mass is 9.71. The molecule has 0 aromatic heterocycles. The predicted molar refractivity (Wildman–Crippen MR) is 72.3 cm³/mol. The Labute approximate surface area is 108 Å². The first-order valence-electron chi connectivity index (χ1n) is 6.27. The van der Waals surface area contributed by atoms with Crippen molar-refractivity contribution in [2.24, 2.45) is 11.8 Å². The number of hydrogen-bond donors (Lipinski definition) is 1. The molecule has 3 rings (SSSR count). The molecule has 18 heavy (non-hydrogen) atoms. The van der Waals surface area contributed by atoms with Gasteiger partial charge in [-0.25, -0.2) is 8.42 Å². The van der Waals surface area contributed by atoms with E-state index in [-0.39, 0.29) is 0 Å². The maximum atomic E-state index is 11.4. The number of allylic oxidation sites excluding steroid dienone is 1. The highest BCUT2D eigenvalue weighted by atomic mass is 32.2. The molecule has 0 saturated heterocycles. The molecule has 3 atom stereocenters. The fourth-order valence-corrected chi connectivity index (χ4v) is 3.53. The maximum absolute atomic E-state index is 11.4. The zero-order valence-electron chi connectivity index (χ0n) is 10.3. The van der Waals surface area contributed by atoms with Crippen molar-refractivity contribution in [1.29, 1.82) is 0 Å². The Kier molecular flexibility index (Phi) is 2.70. The summed E-state index contributed by atoms with van der Waals surface area (Å²) in [5.41, 5.74) is 1.01. The van der Waals surface area contributed by atoms with E-state index in [0.29, 0.717) is 16.9 Å². The van der Waals surface area contributed by atoms with Crippen LogP contribution in [0, 0.1) is 11.8 Å². The minimum atomic E-state index is -3.09. The van der Waals surface area contributed by atoms with Crippen molar-refractivity contribution in [3.05, 3.63) is 36.4 Å². The molecule has 4 heteroatoms. The second-order valence-electron chi connectivity index (χ2n) is 5.28. The lowest BCUT2D eigenvalue weighted by molar-refractivity contribution is 0.218. The third-order valence-electron chi connectivity index (χ3n) is 4.00. The summed E-state index contributed by atoms with van der Waals surface area (Å²) in [4.78, 5) is 0.375. The van der Waals surface area contributed by atoms with Crippen molar-refractivity contribution in [3.63, 3.8) is 0 Å². The SMILES string of the molecule is CS(=O)(=O)c1ccc(NC2CC3CC=CC32)cc1. The smallest absolute Gasteiger partial charge is 0.175 e. The van der Waals surface area contributed by atoms with Gasteiger partial charge in [-0.05, 0) is 43.0 Å². The molecule has 0 radical (unpaired) electrons. The number of anilines is 1. The van der Waals surface area contributed by atoms with Gasteiger partial charge in [0, 0.05) is 23.9 Å². The number of sulfone groups is 1. The second-order valence-corrected chi connectivity index (χ2v) is 7.30. The van der Waals surface area contributed by atoms with Crippen LogP contribution in [0.15, 0.2) is 41.3 Å². The van der Waals surface area contributed by atoms with E-state index >= 15 is 0 Å². The third kappa shape index (κ3) is 2.05. The molecule has 3 nitrogen and oxygen atoms in total. The van der Waals surface area contributed by atoms with Crippen molar-refractivity contribution in [3.8, 4) is 0 Å². The van der Waals surface area contributed by atoms with E-state index in [9.17, 15) is 8.42 Å². The Morgan fingerprint density at radius 3 is 2.56 bits per heavy atom. The molecule has 1 N–H and O–H groups in total. The average Bonchev–Trinajstić information content (AvgIpc) is 2.67. The van der Waals surface area contributed by atoms with Crippen molar-refractivity contribution in [1.82, 2.24) is 0 Å². The van der Waals surface area contributed by atoms with Gasteiger partial charge in [0.2, 0.25) is 0 Å². The first-order chi connectivity index (χ1) is 8.54. The van der Waals surface area contributed by atoms with E-state index in [4.69, 9.17) is 0 Å². The van der Waals surface area contributed by atoms with Gasteiger partial charge in [-0.15, -0.1) is 0 Å². The molecule has 1 fully saturated rings. The highest BCUT2D eigenvalue weighted by Gasteiger charge is 2.40. The number of benzene rings is 1. The maximum Gasteiger partial charge on any atom is 0.175 e. The summed E-state index contributed by atoms with van der Waals surface area (Å²) in [5.74, 6) is 1.50.